The van der Waals surface area contributed by atoms with Crippen LogP contribution in [0.15, 0.2) is 45.6 Å². The average Bonchev–Trinajstić information content (AvgIpc) is 3.15. The van der Waals surface area contributed by atoms with Crippen molar-refractivity contribution >= 4 is 78.7 Å². The summed E-state index contributed by atoms with van der Waals surface area (Å²) < 4.78 is 6.34. The molecule has 0 aliphatic rings. The van der Waals surface area contributed by atoms with E-state index in [1.165, 1.54) is 29.1 Å². The summed E-state index contributed by atoms with van der Waals surface area (Å²) in [6.45, 7) is 0. The molecule has 166 valence electrons. The quantitative estimate of drug-likeness (QED) is 0.379. The first kappa shape index (κ1) is 24.0. The van der Waals surface area contributed by atoms with Gasteiger partial charge in [-0.3, -0.25) is 15.0 Å². The van der Waals surface area contributed by atoms with Crippen LogP contribution < -0.4 is 16.2 Å². The van der Waals surface area contributed by atoms with Gasteiger partial charge in [-0.1, -0.05) is 23.2 Å². The molecule has 14 heteroatoms. The van der Waals surface area contributed by atoms with Crippen LogP contribution in [0.1, 0.15) is 20.8 Å². The standard InChI is InChI=1S/C18H12Br2Cl2N6O4/c1-32-18(31)26-25-16(29)9-5-8(21)6-10(19)14(9)24-17(30)12-7-13(20)27-28(12)15-11(22)3-2-4-23-15/h2-7H,1H3,(H,24,30)(H,25,29)(H,26,31). The van der Waals surface area contributed by atoms with Crippen molar-refractivity contribution in [2.24, 2.45) is 0 Å². The number of hydrogen-bond acceptors (Lipinski definition) is 6. The Kier molecular flexibility index (Phi) is 7.72. The SMILES string of the molecule is COC(=O)NNC(=O)c1cc(Cl)cc(Br)c1NC(=O)c1cc(Br)nn1-c1ncccc1Cl. The van der Waals surface area contributed by atoms with Crippen molar-refractivity contribution in [3.63, 3.8) is 0 Å². The molecule has 3 rings (SSSR count). The molecule has 0 unspecified atom stereocenters. The maximum absolute atomic E-state index is 13.1. The lowest BCUT2D eigenvalue weighted by Crippen LogP contribution is -2.41. The summed E-state index contributed by atoms with van der Waals surface area (Å²) in [6, 6.07) is 7.52. The topological polar surface area (TPSA) is 127 Å². The number of ether oxygens (including phenoxy) is 1. The molecule has 0 radical (unpaired) electrons. The van der Waals surface area contributed by atoms with Gasteiger partial charge in [0.2, 0.25) is 0 Å². The molecule has 10 nitrogen and oxygen atoms in total. The van der Waals surface area contributed by atoms with Crippen molar-refractivity contribution in [1.82, 2.24) is 25.6 Å². The van der Waals surface area contributed by atoms with Gasteiger partial charge in [-0.15, -0.1) is 0 Å². The van der Waals surface area contributed by atoms with Crippen LogP contribution in [0.4, 0.5) is 10.5 Å². The normalized spacial score (nSPS) is 10.4. The van der Waals surface area contributed by atoms with E-state index in [-0.39, 0.29) is 32.8 Å². The van der Waals surface area contributed by atoms with Crippen LogP contribution in [0.3, 0.4) is 0 Å². The van der Waals surface area contributed by atoms with Gasteiger partial charge in [0.15, 0.2) is 5.82 Å². The lowest BCUT2D eigenvalue weighted by Gasteiger charge is -2.15. The number of benzene rings is 1. The van der Waals surface area contributed by atoms with Gasteiger partial charge >= 0.3 is 6.09 Å². The molecule has 2 aromatic heterocycles. The molecule has 0 bridgehead atoms. The number of nitrogens with zero attached hydrogens (tertiary/aromatic N) is 3. The number of halogens is 4. The smallest absolute Gasteiger partial charge is 0.425 e. The van der Waals surface area contributed by atoms with Gasteiger partial charge in [-0.05, 0) is 56.1 Å². The van der Waals surface area contributed by atoms with E-state index in [2.05, 4.69) is 57.4 Å². The minimum atomic E-state index is -0.883. The number of hydrazine groups is 1. The zero-order valence-corrected chi connectivity index (χ0v) is 20.6. The maximum atomic E-state index is 13.1. The second-order valence-corrected chi connectivity index (χ2v) is 8.42. The summed E-state index contributed by atoms with van der Waals surface area (Å²) in [7, 11) is 1.14. The summed E-state index contributed by atoms with van der Waals surface area (Å²) >= 11 is 18.8. The molecular formula is C18H12Br2Cl2N6O4. The highest BCUT2D eigenvalue weighted by Crippen LogP contribution is 2.31. The third kappa shape index (κ3) is 5.38. The van der Waals surface area contributed by atoms with Crippen molar-refractivity contribution in [3.05, 3.63) is 66.9 Å². The van der Waals surface area contributed by atoms with E-state index < -0.39 is 17.9 Å². The highest BCUT2D eigenvalue weighted by atomic mass is 79.9. The molecule has 32 heavy (non-hydrogen) atoms. The summed E-state index contributed by atoms with van der Waals surface area (Å²) in [5.41, 5.74) is 4.35. The van der Waals surface area contributed by atoms with Crippen molar-refractivity contribution in [3.8, 4) is 5.82 Å². The molecule has 1 aromatic carbocycles. The number of carbonyl (C=O) groups excluding carboxylic acids is 3. The van der Waals surface area contributed by atoms with Gasteiger partial charge in [-0.25, -0.2) is 19.9 Å². The molecule has 3 N–H and O–H groups in total. The van der Waals surface area contributed by atoms with E-state index in [9.17, 15) is 14.4 Å². The Hall–Kier alpha value is -2.67. The van der Waals surface area contributed by atoms with E-state index in [0.717, 1.165) is 7.11 Å². The lowest BCUT2D eigenvalue weighted by molar-refractivity contribution is 0.0921. The molecule has 0 atom stereocenters. The monoisotopic (exact) mass is 604 g/mol. The molecule has 2 heterocycles. The zero-order valence-electron chi connectivity index (χ0n) is 16.0. The Morgan fingerprint density at radius 1 is 1.09 bits per heavy atom. The Morgan fingerprint density at radius 2 is 1.84 bits per heavy atom. The van der Waals surface area contributed by atoms with E-state index in [4.69, 9.17) is 23.2 Å². The number of amides is 3. The van der Waals surface area contributed by atoms with Crippen molar-refractivity contribution in [1.29, 1.82) is 0 Å². The molecule has 0 fully saturated rings. The van der Waals surface area contributed by atoms with E-state index in [1.807, 2.05) is 5.43 Å². The van der Waals surface area contributed by atoms with Crippen molar-refractivity contribution < 1.29 is 19.1 Å². The molecular weight excluding hydrogens is 595 g/mol. The third-order valence-corrected chi connectivity index (χ3v) is 5.38. The molecule has 0 saturated carbocycles. The summed E-state index contributed by atoms with van der Waals surface area (Å²) in [5, 5.41) is 7.35. The fourth-order valence-corrected chi connectivity index (χ4v) is 3.98. The van der Waals surface area contributed by atoms with Crippen LogP contribution >= 0.6 is 55.1 Å². The zero-order chi connectivity index (χ0) is 23.4. The van der Waals surface area contributed by atoms with Crippen LogP contribution in [-0.4, -0.2) is 39.8 Å². The minimum absolute atomic E-state index is 0.0323. The Morgan fingerprint density at radius 3 is 2.53 bits per heavy atom. The van der Waals surface area contributed by atoms with E-state index in [0.29, 0.717) is 9.08 Å². The highest BCUT2D eigenvalue weighted by molar-refractivity contribution is 9.10. The summed E-state index contributed by atoms with van der Waals surface area (Å²) in [6.07, 6.45) is 0.622. The van der Waals surface area contributed by atoms with Gasteiger partial charge in [0, 0.05) is 21.8 Å². The van der Waals surface area contributed by atoms with Gasteiger partial charge in [-0.2, -0.15) is 5.10 Å². The van der Waals surface area contributed by atoms with Gasteiger partial charge in [0.05, 0.1) is 23.4 Å². The predicted octanol–water partition coefficient (Wildman–Crippen LogP) is 4.35. The summed E-state index contributed by atoms with van der Waals surface area (Å²) in [5.74, 6) is -1.14. The highest BCUT2D eigenvalue weighted by Gasteiger charge is 2.23. The fraction of sp³-hybridized carbons (Fsp3) is 0.0556. The number of pyridine rings is 1. The number of nitrogens with one attached hydrogen (secondary N) is 3. The maximum Gasteiger partial charge on any atom is 0.425 e. The second kappa shape index (κ2) is 10.3. The third-order valence-electron chi connectivity index (χ3n) is 3.85. The Labute approximate surface area is 207 Å². The molecule has 0 aliphatic heterocycles. The summed E-state index contributed by atoms with van der Waals surface area (Å²) in [4.78, 5) is 41.1. The molecule has 0 saturated heterocycles. The number of methoxy groups -OCH3 is 1. The first-order valence-corrected chi connectivity index (χ1v) is 10.9. The van der Waals surface area contributed by atoms with Crippen molar-refractivity contribution in [2.75, 3.05) is 12.4 Å². The van der Waals surface area contributed by atoms with Gasteiger partial charge in [0.1, 0.15) is 10.3 Å². The fourth-order valence-electron chi connectivity index (χ4n) is 2.49. The molecule has 0 spiro atoms. The van der Waals surface area contributed by atoms with Crippen LogP contribution in [0.25, 0.3) is 5.82 Å². The number of carbonyl (C=O) groups is 3. The van der Waals surface area contributed by atoms with Crippen LogP contribution in [0, 0.1) is 0 Å². The first-order chi connectivity index (χ1) is 15.2. The Balaban J connectivity index is 1.96. The average molecular weight is 607 g/mol. The van der Waals surface area contributed by atoms with Crippen LogP contribution in [-0.2, 0) is 4.74 Å². The minimum Gasteiger partial charge on any atom is -0.452 e. The lowest BCUT2D eigenvalue weighted by atomic mass is 10.1. The molecule has 3 amide bonds. The van der Waals surface area contributed by atoms with Gasteiger partial charge < -0.3 is 10.1 Å². The number of anilines is 1. The molecule has 0 aliphatic carbocycles. The van der Waals surface area contributed by atoms with Crippen LogP contribution in [0.2, 0.25) is 10.0 Å². The van der Waals surface area contributed by atoms with Crippen LogP contribution in [0.5, 0.6) is 0 Å². The number of rotatable bonds is 4. The second-order valence-electron chi connectivity index (χ2n) is 5.91. The molecule has 3 aromatic rings. The van der Waals surface area contributed by atoms with Gasteiger partial charge in [0.25, 0.3) is 11.8 Å². The number of hydrogen-bond donors (Lipinski definition) is 3. The van der Waals surface area contributed by atoms with E-state index >= 15 is 0 Å². The number of aromatic nitrogens is 3. The predicted molar refractivity (Wildman–Crippen MR) is 124 cm³/mol. The van der Waals surface area contributed by atoms with E-state index in [1.54, 1.807) is 12.1 Å². The van der Waals surface area contributed by atoms with Crippen molar-refractivity contribution in [2.45, 2.75) is 0 Å². The Bertz CT molecular complexity index is 1220. The largest absolute Gasteiger partial charge is 0.452 e. The first-order valence-electron chi connectivity index (χ1n) is 8.52.